The van der Waals surface area contributed by atoms with Crippen molar-refractivity contribution >= 4 is 5.91 Å². The molecule has 0 aromatic carbocycles. The number of fused-ring (bicyclic) bond motifs is 1. The number of hydrogen-bond donors (Lipinski definition) is 1. The highest BCUT2D eigenvalue weighted by atomic mass is 16.2. The first-order chi connectivity index (χ1) is 9.53. The molecule has 3 rings (SSSR count). The normalized spacial score (nSPS) is 35.8. The van der Waals surface area contributed by atoms with E-state index < -0.39 is 0 Å². The average molecular weight is 278 g/mol. The molecule has 2 aliphatic heterocycles. The molecule has 114 valence electrons. The Hall–Kier alpha value is -0.570. The minimum Gasteiger partial charge on any atom is -0.335 e. The maximum absolute atomic E-state index is 13.4. The first-order valence-corrected chi connectivity index (χ1v) is 8.57. The Morgan fingerprint density at radius 1 is 1.30 bits per heavy atom. The van der Waals surface area contributed by atoms with Crippen molar-refractivity contribution in [3.05, 3.63) is 0 Å². The van der Waals surface area contributed by atoms with Crippen LogP contribution in [0.3, 0.4) is 0 Å². The minimum atomic E-state index is -0.0279. The topological polar surface area (TPSA) is 32.3 Å². The first kappa shape index (κ1) is 14.4. The fraction of sp³-hybridized carbons (Fsp3) is 0.941. The van der Waals surface area contributed by atoms with Gasteiger partial charge in [0, 0.05) is 30.6 Å². The molecule has 3 nitrogen and oxygen atoms in total. The lowest BCUT2D eigenvalue weighted by molar-refractivity contribution is -0.145. The highest BCUT2D eigenvalue weighted by Crippen LogP contribution is 2.47. The first-order valence-electron chi connectivity index (χ1n) is 8.57. The third kappa shape index (κ3) is 2.28. The van der Waals surface area contributed by atoms with E-state index in [4.69, 9.17) is 0 Å². The second-order valence-corrected chi connectivity index (χ2v) is 7.87. The molecule has 3 fully saturated rings. The van der Waals surface area contributed by atoms with Gasteiger partial charge >= 0.3 is 0 Å². The molecular formula is C17H30N2O. The van der Waals surface area contributed by atoms with Gasteiger partial charge in [-0.05, 0) is 44.4 Å². The highest BCUT2D eigenvalue weighted by molar-refractivity contribution is 5.84. The molecule has 1 aliphatic carbocycles. The number of nitrogens with one attached hydrogen (secondary N) is 1. The smallest absolute Gasteiger partial charge is 0.229 e. The van der Waals surface area contributed by atoms with Crippen LogP contribution < -0.4 is 5.32 Å². The standard InChI is InChI=1S/C17H30N2O/c1-12(2)9-17(6-4-5-7-17)16(20)19-13(3)8-14-10-18-11-15(14)19/h12-15,18H,4-11H2,1-3H3. The van der Waals surface area contributed by atoms with Gasteiger partial charge in [0.1, 0.15) is 0 Å². The number of rotatable bonds is 3. The Balaban J connectivity index is 1.82. The molecule has 2 saturated heterocycles. The van der Waals surface area contributed by atoms with Crippen LogP contribution in [-0.4, -0.2) is 36.0 Å². The predicted octanol–water partition coefficient (Wildman–Crippen LogP) is 2.80. The highest BCUT2D eigenvalue weighted by Gasteiger charge is 2.51. The van der Waals surface area contributed by atoms with Crippen molar-refractivity contribution in [3.63, 3.8) is 0 Å². The summed E-state index contributed by atoms with van der Waals surface area (Å²) in [5.41, 5.74) is -0.0279. The second kappa shape index (κ2) is 5.32. The Bertz CT molecular complexity index is 373. The lowest BCUT2D eigenvalue weighted by Gasteiger charge is -2.38. The summed E-state index contributed by atoms with van der Waals surface area (Å²) in [7, 11) is 0. The van der Waals surface area contributed by atoms with Gasteiger partial charge in [0.05, 0.1) is 0 Å². The number of nitrogens with zero attached hydrogens (tertiary/aromatic N) is 1. The number of amides is 1. The van der Waals surface area contributed by atoms with Crippen LogP contribution in [0.15, 0.2) is 0 Å². The summed E-state index contributed by atoms with van der Waals surface area (Å²) in [6.07, 6.45) is 7.01. The molecule has 0 aromatic rings. The van der Waals surface area contributed by atoms with Crippen LogP contribution in [0, 0.1) is 17.3 Å². The van der Waals surface area contributed by atoms with E-state index in [9.17, 15) is 4.79 Å². The van der Waals surface area contributed by atoms with Crippen LogP contribution in [0.25, 0.3) is 0 Å². The number of carbonyl (C=O) groups excluding carboxylic acids is 1. The Kier molecular flexibility index (Phi) is 3.83. The van der Waals surface area contributed by atoms with Crippen LogP contribution >= 0.6 is 0 Å². The van der Waals surface area contributed by atoms with Gasteiger partial charge in [-0.15, -0.1) is 0 Å². The van der Waals surface area contributed by atoms with Gasteiger partial charge < -0.3 is 10.2 Å². The summed E-state index contributed by atoms with van der Waals surface area (Å²) in [5, 5.41) is 3.48. The zero-order valence-electron chi connectivity index (χ0n) is 13.3. The Labute approximate surface area is 123 Å². The van der Waals surface area contributed by atoms with Crippen molar-refractivity contribution in [1.29, 1.82) is 0 Å². The maximum atomic E-state index is 13.4. The van der Waals surface area contributed by atoms with Crippen molar-refractivity contribution < 1.29 is 4.79 Å². The van der Waals surface area contributed by atoms with Crippen molar-refractivity contribution in [1.82, 2.24) is 10.2 Å². The van der Waals surface area contributed by atoms with E-state index >= 15 is 0 Å². The quantitative estimate of drug-likeness (QED) is 0.861. The second-order valence-electron chi connectivity index (χ2n) is 7.87. The molecule has 1 N–H and O–H groups in total. The third-order valence-corrected chi connectivity index (χ3v) is 5.83. The zero-order valence-corrected chi connectivity index (χ0v) is 13.3. The molecule has 3 aliphatic rings. The van der Waals surface area contributed by atoms with Gasteiger partial charge in [-0.2, -0.15) is 0 Å². The lowest BCUT2D eigenvalue weighted by Crippen LogP contribution is -2.50. The molecular weight excluding hydrogens is 248 g/mol. The molecule has 3 atom stereocenters. The van der Waals surface area contributed by atoms with Gasteiger partial charge in [0.2, 0.25) is 5.91 Å². The van der Waals surface area contributed by atoms with E-state index in [1.807, 2.05) is 0 Å². The zero-order chi connectivity index (χ0) is 14.3. The molecule has 0 aromatic heterocycles. The van der Waals surface area contributed by atoms with Gasteiger partial charge in [-0.1, -0.05) is 26.7 Å². The van der Waals surface area contributed by atoms with Crippen LogP contribution in [0.1, 0.15) is 59.3 Å². The van der Waals surface area contributed by atoms with E-state index in [0.717, 1.165) is 32.4 Å². The van der Waals surface area contributed by atoms with Crippen LogP contribution in [-0.2, 0) is 4.79 Å². The SMILES string of the molecule is CC(C)CC1(C(=O)N2C(C)CC3CNCC32)CCCC1. The number of carbonyl (C=O) groups is 1. The molecule has 3 unspecified atom stereocenters. The van der Waals surface area contributed by atoms with E-state index in [1.54, 1.807) is 0 Å². The molecule has 1 amide bonds. The fourth-order valence-corrected chi connectivity index (χ4v) is 5.13. The summed E-state index contributed by atoms with van der Waals surface area (Å²) in [6, 6.07) is 0.923. The maximum Gasteiger partial charge on any atom is 0.229 e. The summed E-state index contributed by atoms with van der Waals surface area (Å²) in [4.78, 5) is 15.6. The lowest BCUT2D eigenvalue weighted by atomic mass is 9.77. The average Bonchev–Trinajstić information content (AvgIpc) is 3.03. The summed E-state index contributed by atoms with van der Waals surface area (Å²) >= 11 is 0. The fourth-order valence-electron chi connectivity index (χ4n) is 5.13. The van der Waals surface area contributed by atoms with Crippen LogP contribution in [0.4, 0.5) is 0 Å². The summed E-state index contributed by atoms with van der Waals surface area (Å²) < 4.78 is 0. The number of likely N-dealkylation sites (tertiary alicyclic amines) is 1. The molecule has 2 heterocycles. The molecule has 20 heavy (non-hydrogen) atoms. The van der Waals surface area contributed by atoms with E-state index in [1.165, 1.54) is 19.3 Å². The molecule has 0 radical (unpaired) electrons. The van der Waals surface area contributed by atoms with Crippen LogP contribution in [0.5, 0.6) is 0 Å². The molecule has 0 spiro atoms. The van der Waals surface area contributed by atoms with Gasteiger partial charge in [-0.3, -0.25) is 4.79 Å². The molecule has 1 saturated carbocycles. The van der Waals surface area contributed by atoms with Crippen molar-refractivity contribution in [2.45, 2.75) is 71.4 Å². The van der Waals surface area contributed by atoms with Crippen molar-refractivity contribution in [3.8, 4) is 0 Å². The van der Waals surface area contributed by atoms with E-state index in [2.05, 4.69) is 31.0 Å². The largest absolute Gasteiger partial charge is 0.335 e. The van der Waals surface area contributed by atoms with Gasteiger partial charge in [-0.25, -0.2) is 0 Å². The van der Waals surface area contributed by atoms with E-state index in [-0.39, 0.29) is 5.41 Å². The monoisotopic (exact) mass is 278 g/mol. The van der Waals surface area contributed by atoms with Crippen molar-refractivity contribution in [2.24, 2.45) is 17.3 Å². The Morgan fingerprint density at radius 2 is 2.00 bits per heavy atom. The molecule has 3 heteroatoms. The minimum absolute atomic E-state index is 0.0279. The van der Waals surface area contributed by atoms with Crippen molar-refractivity contribution in [2.75, 3.05) is 13.1 Å². The van der Waals surface area contributed by atoms with Crippen LogP contribution in [0.2, 0.25) is 0 Å². The Morgan fingerprint density at radius 3 is 2.65 bits per heavy atom. The summed E-state index contributed by atoms with van der Waals surface area (Å²) in [6.45, 7) is 8.91. The number of hydrogen-bond acceptors (Lipinski definition) is 2. The van der Waals surface area contributed by atoms with E-state index in [0.29, 0.717) is 29.8 Å². The van der Waals surface area contributed by atoms with Gasteiger partial charge in [0.15, 0.2) is 0 Å². The summed E-state index contributed by atoms with van der Waals surface area (Å²) in [5.74, 6) is 1.81. The predicted molar refractivity (Wildman–Crippen MR) is 81.4 cm³/mol. The molecule has 0 bridgehead atoms. The third-order valence-electron chi connectivity index (χ3n) is 5.83. The van der Waals surface area contributed by atoms with Gasteiger partial charge in [0.25, 0.3) is 0 Å².